The summed E-state index contributed by atoms with van der Waals surface area (Å²) >= 11 is 0. The number of fused-ring (bicyclic) bond motifs is 1. The van der Waals surface area contributed by atoms with Gasteiger partial charge in [-0.1, -0.05) is 12.1 Å². The smallest absolute Gasteiger partial charge is 0.150 e. The van der Waals surface area contributed by atoms with Crippen molar-refractivity contribution in [2.45, 2.75) is 37.6 Å². The number of hydrogen-bond donors (Lipinski definition) is 0. The number of imidazole rings is 1. The fourth-order valence-corrected chi connectivity index (χ4v) is 6.01. The van der Waals surface area contributed by atoms with Crippen LogP contribution in [0.1, 0.15) is 43.5 Å². The molecule has 0 bridgehead atoms. The predicted molar refractivity (Wildman–Crippen MR) is 98.6 cm³/mol. The van der Waals surface area contributed by atoms with Gasteiger partial charge >= 0.3 is 0 Å². The predicted octanol–water partition coefficient (Wildman–Crippen LogP) is 2.60. The highest BCUT2D eigenvalue weighted by Gasteiger charge is 2.37. The van der Waals surface area contributed by atoms with Crippen molar-refractivity contribution in [2.24, 2.45) is 5.92 Å². The van der Waals surface area contributed by atoms with Crippen molar-refractivity contribution in [1.82, 2.24) is 14.5 Å². The largest absolute Gasteiger partial charge is 0.322 e. The van der Waals surface area contributed by atoms with Crippen molar-refractivity contribution in [3.05, 3.63) is 30.1 Å². The zero-order valence-corrected chi connectivity index (χ0v) is 15.3. The molecular weight excluding hydrogens is 334 g/mol. The van der Waals surface area contributed by atoms with Gasteiger partial charge in [-0.15, -0.1) is 0 Å². The molecule has 2 saturated heterocycles. The van der Waals surface area contributed by atoms with Gasteiger partial charge in [0.15, 0.2) is 0 Å². The molecule has 0 radical (unpaired) electrons. The zero-order chi connectivity index (χ0) is 17.0. The van der Waals surface area contributed by atoms with Crippen LogP contribution in [0.4, 0.5) is 0 Å². The van der Waals surface area contributed by atoms with E-state index in [0.29, 0.717) is 29.4 Å². The van der Waals surface area contributed by atoms with Crippen molar-refractivity contribution in [3.63, 3.8) is 0 Å². The van der Waals surface area contributed by atoms with Crippen molar-refractivity contribution in [2.75, 3.05) is 31.1 Å². The molecule has 1 aromatic carbocycles. The van der Waals surface area contributed by atoms with Gasteiger partial charge in [-0.05, 0) is 43.7 Å². The minimum atomic E-state index is -2.75. The number of sulfone groups is 1. The minimum Gasteiger partial charge on any atom is -0.322 e. The second-order valence-corrected chi connectivity index (χ2v) is 10.4. The summed E-state index contributed by atoms with van der Waals surface area (Å²) in [5.74, 6) is 3.26. The molecule has 6 heteroatoms. The van der Waals surface area contributed by atoms with Crippen LogP contribution in [0.3, 0.4) is 0 Å². The number of benzene rings is 1. The van der Waals surface area contributed by atoms with E-state index in [9.17, 15) is 8.42 Å². The molecular formula is C19H25N3O2S. The van der Waals surface area contributed by atoms with Crippen LogP contribution in [0.15, 0.2) is 24.3 Å². The normalized spacial score (nSPS) is 25.3. The molecule has 3 aliphatic rings. The second-order valence-electron chi connectivity index (χ2n) is 8.07. The Bertz CT molecular complexity index is 881. The molecule has 134 valence electrons. The van der Waals surface area contributed by atoms with Gasteiger partial charge in [-0.25, -0.2) is 13.4 Å². The fraction of sp³-hybridized carbons (Fsp3) is 0.632. The molecule has 0 unspecified atom stereocenters. The lowest BCUT2D eigenvalue weighted by atomic mass is 9.98. The maximum absolute atomic E-state index is 11.6. The van der Waals surface area contributed by atoms with Crippen LogP contribution in [0.25, 0.3) is 11.0 Å². The minimum absolute atomic E-state index is 0.382. The van der Waals surface area contributed by atoms with Crippen molar-refractivity contribution < 1.29 is 8.42 Å². The first-order chi connectivity index (χ1) is 12.1. The SMILES string of the molecule is O=S1(=O)CCC(CN2CC(n3c(C4CC4)nc4ccccc43)C2)CC1. The van der Waals surface area contributed by atoms with Crippen molar-refractivity contribution >= 4 is 20.9 Å². The Morgan fingerprint density at radius 1 is 1.04 bits per heavy atom. The Kier molecular flexibility index (Phi) is 3.68. The van der Waals surface area contributed by atoms with Crippen LogP contribution in [0, 0.1) is 5.92 Å². The maximum atomic E-state index is 11.6. The van der Waals surface area contributed by atoms with Crippen LogP contribution in [0.2, 0.25) is 0 Å². The summed E-state index contributed by atoms with van der Waals surface area (Å²) in [6, 6.07) is 9.02. The molecule has 5 rings (SSSR count). The molecule has 5 nitrogen and oxygen atoms in total. The Morgan fingerprint density at radius 3 is 2.48 bits per heavy atom. The first-order valence-electron chi connectivity index (χ1n) is 9.49. The number of likely N-dealkylation sites (tertiary alicyclic amines) is 1. The molecule has 2 aromatic rings. The van der Waals surface area contributed by atoms with Crippen LogP contribution < -0.4 is 0 Å². The molecule has 0 N–H and O–H groups in total. The summed E-state index contributed by atoms with van der Waals surface area (Å²) in [6.07, 6.45) is 4.22. The lowest BCUT2D eigenvalue weighted by Crippen LogP contribution is -2.50. The third kappa shape index (κ3) is 2.99. The highest BCUT2D eigenvalue weighted by Crippen LogP contribution is 2.43. The van der Waals surface area contributed by atoms with Gasteiger partial charge in [-0.3, -0.25) is 4.90 Å². The maximum Gasteiger partial charge on any atom is 0.150 e. The van der Waals surface area contributed by atoms with Crippen molar-refractivity contribution in [3.8, 4) is 0 Å². The van der Waals surface area contributed by atoms with Gasteiger partial charge in [0, 0.05) is 25.6 Å². The van der Waals surface area contributed by atoms with Gasteiger partial charge in [0.25, 0.3) is 0 Å². The van der Waals surface area contributed by atoms with E-state index in [4.69, 9.17) is 4.98 Å². The van der Waals surface area contributed by atoms with E-state index in [1.807, 2.05) is 0 Å². The monoisotopic (exact) mass is 359 g/mol. The van der Waals surface area contributed by atoms with Crippen LogP contribution in [-0.4, -0.2) is 54.0 Å². The standard InChI is InChI=1S/C19H25N3O2S/c23-25(24)9-7-14(8-10-25)11-21-12-16(13-21)22-18-4-2-1-3-17(18)20-19(22)15-5-6-15/h1-4,14-16H,5-13H2. The number of rotatable bonds is 4. The summed E-state index contributed by atoms with van der Waals surface area (Å²) in [4.78, 5) is 7.41. The molecule has 0 spiro atoms. The van der Waals surface area contributed by atoms with E-state index in [2.05, 4.69) is 33.7 Å². The summed E-state index contributed by atoms with van der Waals surface area (Å²) in [7, 11) is -2.75. The topological polar surface area (TPSA) is 55.2 Å². The third-order valence-corrected chi connectivity index (χ3v) is 7.77. The van der Waals surface area contributed by atoms with E-state index < -0.39 is 9.84 Å². The number of aromatic nitrogens is 2. The molecule has 3 fully saturated rings. The van der Waals surface area contributed by atoms with Crippen LogP contribution >= 0.6 is 0 Å². The van der Waals surface area contributed by atoms with Gasteiger partial charge in [-0.2, -0.15) is 0 Å². The van der Waals surface area contributed by atoms with Crippen molar-refractivity contribution in [1.29, 1.82) is 0 Å². The van der Waals surface area contributed by atoms with E-state index in [0.717, 1.165) is 38.0 Å². The summed E-state index contributed by atoms with van der Waals surface area (Å²) in [5.41, 5.74) is 2.40. The number of hydrogen-bond acceptors (Lipinski definition) is 4. The first-order valence-corrected chi connectivity index (χ1v) is 11.3. The van der Waals surface area contributed by atoms with E-state index in [1.165, 1.54) is 24.2 Å². The average molecular weight is 359 g/mol. The molecule has 25 heavy (non-hydrogen) atoms. The highest BCUT2D eigenvalue weighted by atomic mass is 32.2. The molecule has 0 amide bonds. The summed E-state index contributed by atoms with van der Waals surface area (Å²) in [5, 5.41) is 0. The third-order valence-electron chi connectivity index (χ3n) is 6.06. The summed E-state index contributed by atoms with van der Waals surface area (Å²) in [6.45, 7) is 3.20. The average Bonchev–Trinajstić information content (AvgIpc) is 3.33. The fourth-order valence-electron chi connectivity index (χ4n) is 4.42. The number of nitrogens with zero attached hydrogens (tertiary/aromatic N) is 3. The first kappa shape index (κ1) is 15.8. The lowest BCUT2D eigenvalue weighted by Gasteiger charge is -2.43. The molecule has 1 saturated carbocycles. The Hall–Kier alpha value is -1.40. The second kappa shape index (κ2) is 5.81. The van der Waals surface area contributed by atoms with Gasteiger partial charge in [0.05, 0.1) is 28.6 Å². The van der Waals surface area contributed by atoms with Gasteiger partial charge in [0.1, 0.15) is 15.7 Å². The van der Waals surface area contributed by atoms with Gasteiger partial charge in [0.2, 0.25) is 0 Å². The van der Waals surface area contributed by atoms with E-state index in [-0.39, 0.29) is 0 Å². The zero-order valence-electron chi connectivity index (χ0n) is 14.5. The quantitative estimate of drug-likeness (QED) is 0.842. The molecule has 0 atom stereocenters. The Morgan fingerprint density at radius 2 is 1.76 bits per heavy atom. The number of para-hydroxylation sites is 2. The molecule has 1 aliphatic carbocycles. The lowest BCUT2D eigenvalue weighted by molar-refractivity contribution is 0.0858. The molecule has 3 heterocycles. The van der Waals surface area contributed by atoms with Gasteiger partial charge < -0.3 is 4.57 Å². The van der Waals surface area contributed by atoms with E-state index in [1.54, 1.807) is 0 Å². The summed E-state index contributed by atoms with van der Waals surface area (Å²) < 4.78 is 25.7. The van der Waals surface area contributed by atoms with Crippen LogP contribution in [-0.2, 0) is 9.84 Å². The van der Waals surface area contributed by atoms with E-state index >= 15 is 0 Å². The highest BCUT2D eigenvalue weighted by molar-refractivity contribution is 7.91. The Labute approximate surface area is 148 Å². The molecule has 1 aromatic heterocycles. The molecule has 2 aliphatic heterocycles. The Balaban J connectivity index is 1.28. The van der Waals surface area contributed by atoms with Crippen LogP contribution in [0.5, 0.6) is 0 Å².